The molecule has 29 heavy (non-hydrogen) atoms. The maximum Gasteiger partial charge on any atom is 0.323 e. The highest BCUT2D eigenvalue weighted by Gasteiger charge is 2.09. The molecular formula is C24H23N3OS. The minimum atomic E-state index is -0.290. The van der Waals surface area contributed by atoms with E-state index >= 15 is 0 Å². The predicted octanol–water partition coefficient (Wildman–Crippen LogP) is 6.49. The number of thiophene rings is 1. The van der Waals surface area contributed by atoms with Gasteiger partial charge in [0.25, 0.3) is 0 Å². The molecule has 146 valence electrons. The zero-order valence-electron chi connectivity index (χ0n) is 16.2. The summed E-state index contributed by atoms with van der Waals surface area (Å²) in [6, 6.07) is 19.1. The number of anilines is 2. The molecule has 2 aromatic carbocycles. The van der Waals surface area contributed by atoms with E-state index < -0.39 is 0 Å². The van der Waals surface area contributed by atoms with Gasteiger partial charge < -0.3 is 16.4 Å². The van der Waals surface area contributed by atoms with Gasteiger partial charge in [0.2, 0.25) is 0 Å². The zero-order valence-corrected chi connectivity index (χ0v) is 17.0. The Hall–Kier alpha value is -3.57. The number of rotatable bonds is 6. The van der Waals surface area contributed by atoms with Gasteiger partial charge in [-0.1, -0.05) is 55.1 Å². The number of carbonyl (C=O) groups is 1. The van der Waals surface area contributed by atoms with Crippen LogP contribution in [0.5, 0.6) is 0 Å². The first-order chi connectivity index (χ1) is 14.1. The molecule has 3 rings (SSSR count). The van der Waals surface area contributed by atoms with Gasteiger partial charge in [0, 0.05) is 21.8 Å². The second-order valence-electron chi connectivity index (χ2n) is 6.43. The number of benzene rings is 2. The first kappa shape index (κ1) is 20.2. The number of amides is 2. The largest absolute Gasteiger partial charge is 0.402 e. The van der Waals surface area contributed by atoms with Crippen LogP contribution in [0.3, 0.4) is 0 Å². The zero-order chi connectivity index (χ0) is 20.6. The Balaban J connectivity index is 1.72. The fourth-order valence-electron chi connectivity index (χ4n) is 2.87. The summed E-state index contributed by atoms with van der Waals surface area (Å²) in [4.78, 5) is 13.6. The highest BCUT2D eigenvalue weighted by atomic mass is 32.1. The quantitative estimate of drug-likeness (QED) is 0.413. The summed E-state index contributed by atoms with van der Waals surface area (Å²) < 4.78 is 0. The number of allylic oxidation sites excluding steroid dienone is 5. The predicted molar refractivity (Wildman–Crippen MR) is 125 cm³/mol. The van der Waals surface area contributed by atoms with Gasteiger partial charge in [-0.2, -0.15) is 0 Å². The number of hydrogen-bond donors (Lipinski definition) is 3. The Morgan fingerprint density at radius 3 is 2.45 bits per heavy atom. The molecule has 4 N–H and O–H groups in total. The van der Waals surface area contributed by atoms with Gasteiger partial charge in [0.15, 0.2) is 0 Å². The standard InChI is InChI=1S/C24H23N3OS/c1-3-7-19(16-17(2)25)18-11-13-20(14-12-18)26-24(28)27-22-9-5-4-8-21(22)23-10-6-15-29-23/h3-16H,1,25H2,2H3,(H2,26,27,28)/b17-16-,19-7+. The van der Waals surface area contributed by atoms with Crippen molar-refractivity contribution in [2.75, 3.05) is 10.6 Å². The minimum Gasteiger partial charge on any atom is -0.402 e. The van der Waals surface area contributed by atoms with Crippen LogP contribution in [-0.2, 0) is 0 Å². The van der Waals surface area contributed by atoms with Crippen LogP contribution in [0.1, 0.15) is 12.5 Å². The summed E-state index contributed by atoms with van der Waals surface area (Å²) in [5.41, 5.74) is 10.9. The van der Waals surface area contributed by atoms with E-state index in [1.54, 1.807) is 17.4 Å². The van der Waals surface area contributed by atoms with Crippen molar-refractivity contribution in [1.29, 1.82) is 0 Å². The summed E-state index contributed by atoms with van der Waals surface area (Å²) in [5, 5.41) is 7.83. The Morgan fingerprint density at radius 1 is 1.03 bits per heavy atom. The molecular weight excluding hydrogens is 378 g/mol. The summed E-state index contributed by atoms with van der Waals surface area (Å²) in [6.07, 6.45) is 5.50. The van der Waals surface area contributed by atoms with Crippen LogP contribution in [0.15, 0.2) is 96.5 Å². The number of nitrogens with two attached hydrogens (primary N) is 1. The molecule has 0 unspecified atom stereocenters. The average molecular weight is 402 g/mol. The molecule has 5 heteroatoms. The van der Waals surface area contributed by atoms with Crippen molar-refractivity contribution in [1.82, 2.24) is 0 Å². The van der Waals surface area contributed by atoms with Crippen LogP contribution in [-0.4, -0.2) is 6.03 Å². The number of nitrogens with one attached hydrogen (secondary N) is 2. The van der Waals surface area contributed by atoms with Crippen LogP contribution in [0.2, 0.25) is 0 Å². The molecule has 4 nitrogen and oxygen atoms in total. The summed E-state index contributed by atoms with van der Waals surface area (Å²) in [7, 11) is 0. The fourth-order valence-corrected chi connectivity index (χ4v) is 3.64. The lowest BCUT2D eigenvalue weighted by atomic mass is 10.0. The van der Waals surface area contributed by atoms with E-state index in [-0.39, 0.29) is 6.03 Å². The number of carbonyl (C=O) groups excluding carboxylic acids is 1. The summed E-state index contributed by atoms with van der Waals surface area (Å²) in [5.74, 6) is 0. The Kier molecular flexibility index (Phi) is 6.66. The van der Waals surface area contributed by atoms with E-state index in [2.05, 4.69) is 17.2 Å². The molecule has 3 aromatic rings. The van der Waals surface area contributed by atoms with Crippen molar-refractivity contribution in [3.8, 4) is 10.4 Å². The number of hydrogen-bond acceptors (Lipinski definition) is 3. The van der Waals surface area contributed by atoms with E-state index in [4.69, 9.17) is 5.73 Å². The van der Waals surface area contributed by atoms with Crippen LogP contribution in [0, 0.1) is 0 Å². The van der Waals surface area contributed by atoms with Crippen molar-refractivity contribution >= 4 is 34.3 Å². The third-order valence-electron chi connectivity index (χ3n) is 4.12. The van der Waals surface area contributed by atoms with Crippen LogP contribution in [0.25, 0.3) is 16.0 Å². The Labute approximate surface area is 175 Å². The molecule has 0 spiro atoms. The molecule has 2 amide bonds. The molecule has 1 heterocycles. The molecule has 0 atom stereocenters. The van der Waals surface area contributed by atoms with Gasteiger partial charge in [-0.3, -0.25) is 0 Å². The number of para-hydroxylation sites is 1. The lowest BCUT2D eigenvalue weighted by Crippen LogP contribution is -2.19. The van der Waals surface area contributed by atoms with Gasteiger partial charge in [0.05, 0.1) is 5.69 Å². The SMILES string of the molecule is C=C/C=C(\C=C(\C)N)c1ccc(NC(=O)Nc2ccccc2-c2cccs2)cc1. The lowest BCUT2D eigenvalue weighted by molar-refractivity contribution is 0.262. The van der Waals surface area contributed by atoms with E-state index in [9.17, 15) is 4.79 Å². The smallest absolute Gasteiger partial charge is 0.323 e. The molecule has 0 aliphatic carbocycles. The van der Waals surface area contributed by atoms with Crippen molar-refractivity contribution in [2.45, 2.75) is 6.92 Å². The second kappa shape index (κ2) is 9.57. The van der Waals surface area contributed by atoms with Gasteiger partial charge in [-0.25, -0.2) is 4.79 Å². The molecule has 1 aromatic heterocycles. The van der Waals surface area contributed by atoms with Crippen LogP contribution >= 0.6 is 11.3 Å². The molecule has 0 radical (unpaired) electrons. The normalized spacial score (nSPS) is 11.8. The molecule has 0 fully saturated rings. The van der Waals surface area contributed by atoms with Crippen molar-refractivity contribution in [2.24, 2.45) is 5.73 Å². The van der Waals surface area contributed by atoms with E-state index in [0.717, 1.165) is 27.3 Å². The third-order valence-corrected chi connectivity index (χ3v) is 5.02. The highest BCUT2D eigenvalue weighted by molar-refractivity contribution is 7.13. The Morgan fingerprint density at radius 2 is 1.79 bits per heavy atom. The molecule has 0 aliphatic heterocycles. The lowest BCUT2D eigenvalue weighted by Gasteiger charge is -2.12. The molecule has 0 saturated heterocycles. The van der Waals surface area contributed by atoms with E-state index in [1.165, 1.54) is 0 Å². The van der Waals surface area contributed by atoms with Crippen molar-refractivity contribution in [3.05, 3.63) is 102 Å². The molecule has 0 saturated carbocycles. The fraction of sp³-hybridized carbons (Fsp3) is 0.0417. The van der Waals surface area contributed by atoms with E-state index in [1.807, 2.05) is 85.1 Å². The monoisotopic (exact) mass is 401 g/mol. The average Bonchev–Trinajstić information content (AvgIpc) is 3.23. The first-order valence-electron chi connectivity index (χ1n) is 9.14. The second-order valence-corrected chi connectivity index (χ2v) is 7.37. The van der Waals surface area contributed by atoms with Crippen molar-refractivity contribution in [3.63, 3.8) is 0 Å². The molecule has 0 bridgehead atoms. The van der Waals surface area contributed by atoms with Crippen LogP contribution < -0.4 is 16.4 Å². The summed E-state index contributed by atoms with van der Waals surface area (Å²) >= 11 is 1.64. The van der Waals surface area contributed by atoms with Gasteiger partial charge in [-0.15, -0.1) is 11.3 Å². The topological polar surface area (TPSA) is 67.1 Å². The minimum absolute atomic E-state index is 0.290. The van der Waals surface area contributed by atoms with Crippen molar-refractivity contribution < 1.29 is 4.79 Å². The maximum atomic E-state index is 12.5. The third kappa shape index (κ3) is 5.46. The van der Waals surface area contributed by atoms with Crippen LogP contribution in [0.4, 0.5) is 16.2 Å². The van der Waals surface area contributed by atoms with Gasteiger partial charge in [-0.05, 0) is 53.8 Å². The van der Waals surface area contributed by atoms with E-state index in [0.29, 0.717) is 11.4 Å². The van der Waals surface area contributed by atoms with Gasteiger partial charge >= 0.3 is 6.03 Å². The Bertz CT molecular complexity index is 1040. The first-order valence-corrected chi connectivity index (χ1v) is 10.0. The maximum absolute atomic E-state index is 12.5. The summed E-state index contributed by atoms with van der Waals surface area (Å²) in [6.45, 7) is 5.58. The molecule has 0 aliphatic rings. The van der Waals surface area contributed by atoms with Gasteiger partial charge in [0.1, 0.15) is 0 Å². The highest BCUT2D eigenvalue weighted by Crippen LogP contribution is 2.31. The number of urea groups is 1.